The van der Waals surface area contributed by atoms with Gasteiger partial charge in [-0.15, -0.1) is 11.3 Å². The number of hydrogen-bond acceptors (Lipinski definition) is 3. The lowest BCUT2D eigenvalue weighted by molar-refractivity contribution is 1.05. The average molecular weight is 229 g/mol. The Bertz CT molecular complexity index is 610. The fourth-order valence-electron chi connectivity index (χ4n) is 1.70. The molecule has 3 aromatic rings. The van der Waals surface area contributed by atoms with Gasteiger partial charge in [0.15, 0.2) is 5.65 Å². The number of nitrogens with zero attached hydrogens (tertiary/aromatic N) is 2. The van der Waals surface area contributed by atoms with E-state index in [-0.39, 0.29) is 0 Å². The van der Waals surface area contributed by atoms with Gasteiger partial charge in [0.05, 0.1) is 5.52 Å². The molecular formula is C12H11N3S. The van der Waals surface area contributed by atoms with Crippen LogP contribution in [0.3, 0.4) is 0 Å². The van der Waals surface area contributed by atoms with Gasteiger partial charge in [-0.2, -0.15) is 0 Å². The lowest BCUT2D eigenvalue weighted by Crippen LogP contribution is -1.86. The molecule has 0 bridgehead atoms. The molecule has 0 radical (unpaired) electrons. The highest BCUT2D eigenvalue weighted by Crippen LogP contribution is 2.15. The van der Waals surface area contributed by atoms with E-state index >= 15 is 0 Å². The minimum absolute atomic E-state index is 0.812. The standard InChI is InChI=1S/C12H11N3S/c1-8-4-5-10-12(13-8)15-11(14-10)7-9-3-2-6-16-9/h2-6H,7H2,1H3,(H,13,14,15). The van der Waals surface area contributed by atoms with Crippen LogP contribution < -0.4 is 0 Å². The maximum atomic E-state index is 4.49. The van der Waals surface area contributed by atoms with Gasteiger partial charge >= 0.3 is 0 Å². The van der Waals surface area contributed by atoms with Crippen LogP contribution in [0, 0.1) is 6.92 Å². The Labute approximate surface area is 97.2 Å². The quantitative estimate of drug-likeness (QED) is 0.734. The zero-order valence-corrected chi connectivity index (χ0v) is 9.71. The molecule has 3 rings (SSSR count). The Morgan fingerprint density at radius 2 is 2.19 bits per heavy atom. The van der Waals surface area contributed by atoms with Crippen molar-refractivity contribution in [1.82, 2.24) is 15.0 Å². The lowest BCUT2D eigenvalue weighted by atomic mass is 10.3. The highest BCUT2D eigenvalue weighted by molar-refractivity contribution is 7.09. The van der Waals surface area contributed by atoms with Gasteiger partial charge in [-0.25, -0.2) is 9.97 Å². The Morgan fingerprint density at radius 1 is 1.25 bits per heavy atom. The number of nitrogens with one attached hydrogen (secondary N) is 1. The number of aryl methyl sites for hydroxylation is 1. The predicted octanol–water partition coefficient (Wildman–Crippen LogP) is 2.92. The van der Waals surface area contributed by atoms with E-state index in [0.717, 1.165) is 29.1 Å². The first-order valence-corrected chi connectivity index (χ1v) is 6.04. The van der Waals surface area contributed by atoms with Crippen LogP contribution in [-0.4, -0.2) is 15.0 Å². The third kappa shape index (κ3) is 1.72. The van der Waals surface area contributed by atoms with Crippen molar-refractivity contribution >= 4 is 22.5 Å². The highest BCUT2D eigenvalue weighted by Gasteiger charge is 2.05. The molecule has 4 heteroatoms. The summed E-state index contributed by atoms with van der Waals surface area (Å²) in [5.74, 6) is 0.982. The molecule has 0 saturated heterocycles. The van der Waals surface area contributed by atoms with E-state index in [1.165, 1.54) is 4.88 Å². The second-order valence-electron chi connectivity index (χ2n) is 3.76. The van der Waals surface area contributed by atoms with Crippen LogP contribution >= 0.6 is 11.3 Å². The van der Waals surface area contributed by atoms with E-state index in [9.17, 15) is 0 Å². The topological polar surface area (TPSA) is 41.6 Å². The Morgan fingerprint density at radius 3 is 3.00 bits per heavy atom. The molecule has 0 unspecified atom stereocenters. The number of thiophene rings is 1. The zero-order chi connectivity index (χ0) is 11.0. The smallest absolute Gasteiger partial charge is 0.177 e. The summed E-state index contributed by atoms with van der Waals surface area (Å²) in [6, 6.07) is 8.21. The van der Waals surface area contributed by atoms with Crippen LogP contribution in [-0.2, 0) is 6.42 Å². The van der Waals surface area contributed by atoms with Gasteiger partial charge in [0.25, 0.3) is 0 Å². The van der Waals surface area contributed by atoms with E-state index in [2.05, 4.69) is 32.5 Å². The fraction of sp³-hybridized carbons (Fsp3) is 0.167. The van der Waals surface area contributed by atoms with Gasteiger partial charge in [0.1, 0.15) is 5.82 Å². The second-order valence-corrected chi connectivity index (χ2v) is 4.80. The predicted molar refractivity (Wildman–Crippen MR) is 65.8 cm³/mol. The normalized spacial score (nSPS) is 11.1. The number of fused-ring (bicyclic) bond motifs is 1. The minimum atomic E-state index is 0.812. The van der Waals surface area contributed by atoms with Crippen molar-refractivity contribution in [2.45, 2.75) is 13.3 Å². The van der Waals surface area contributed by atoms with E-state index in [0.29, 0.717) is 0 Å². The van der Waals surface area contributed by atoms with Crippen LogP contribution in [0.25, 0.3) is 11.2 Å². The molecule has 0 aliphatic carbocycles. The lowest BCUT2D eigenvalue weighted by Gasteiger charge is -1.90. The van der Waals surface area contributed by atoms with Crippen molar-refractivity contribution in [3.8, 4) is 0 Å². The third-order valence-electron chi connectivity index (χ3n) is 2.46. The third-order valence-corrected chi connectivity index (χ3v) is 3.33. The van der Waals surface area contributed by atoms with E-state index in [1.54, 1.807) is 11.3 Å². The first-order valence-electron chi connectivity index (χ1n) is 5.16. The second kappa shape index (κ2) is 3.72. The van der Waals surface area contributed by atoms with Crippen molar-refractivity contribution in [2.24, 2.45) is 0 Å². The van der Waals surface area contributed by atoms with Crippen LogP contribution in [0.2, 0.25) is 0 Å². The highest BCUT2D eigenvalue weighted by atomic mass is 32.1. The molecule has 3 aromatic heterocycles. The SMILES string of the molecule is Cc1ccc2[nH]c(Cc3cccs3)nc2n1. The summed E-state index contributed by atoms with van der Waals surface area (Å²) < 4.78 is 0. The van der Waals surface area contributed by atoms with Crippen molar-refractivity contribution in [1.29, 1.82) is 0 Å². The Kier molecular flexibility index (Phi) is 2.22. The van der Waals surface area contributed by atoms with Gasteiger partial charge in [0.2, 0.25) is 0 Å². The van der Waals surface area contributed by atoms with Crippen LogP contribution in [0.4, 0.5) is 0 Å². The number of rotatable bonds is 2. The summed E-state index contributed by atoms with van der Waals surface area (Å²) in [6.07, 6.45) is 0.854. The number of aromatic nitrogens is 3. The molecule has 3 heterocycles. The number of pyridine rings is 1. The number of hydrogen-bond donors (Lipinski definition) is 1. The summed E-state index contributed by atoms with van der Waals surface area (Å²) in [6.45, 7) is 1.98. The van der Waals surface area contributed by atoms with E-state index in [4.69, 9.17) is 0 Å². The molecule has 0 atom stereocenters. The maximum absolute atomic E-state index is 4.49. The summed E-state index contributed by atoms with van der Waals surface area (Å²) in [7, 11) is 0. The molecule has 0 amide bonds. The van der Waals surface area contributed by atoms with Crippen molar-refractivity contribution in [3.63, 3.8) is 0 Å². The molecule has 3 nitrogen and oxygen atoms in total. The van der Waals surface area contributed by atoms with E-state index in [1.807, 2.05) is 19.1 Å². The molecule has 0 aliphatic rings. The minimum Gasteiger partial charge on any atom is -0.340 e. The fourth-order valence-corrected chi connectivity index (χ4v) is 2.41. The van der Waals surface area contributed by atoms with Crippen LogP contribution in [0.15, 0.2) is 29.6 Å². The van der Waals surface area contributed by atoms with Crippen molar-refractivity contribution in [3.05, 3.63) is 46.0 Å². The molecule has 0 fully saturated rings. The first kappa shape index (κ1) is 9.54. The molecule has 0 aromatic carbocycles. The number of imidazole rings is 1. The molecule has 16 heavy (non-hydrogen) atoms. The van der Waals surface area contributed by atoms with Crippen LogP contribution in [0.5, 0.6) is 0 Å². The maximum Gasteiger partial charge on any atom is 0.177 e. The van der Waals surface area contributed by atoms with Crippen molar-refractivity contribution < 1.29 is 0 Å². The first-order chi connectivity index (χ1) is 7.81. The summed E-state index contributed by atoms with van der Waals surface area (Å²) >= 11 is 1.75. The largest absolute Gasteiger partial charge is 0.340 e. The summed E-state index contributed by atoms with van der Waals surface area (Å²) in [5, 5.41) is 2.08. The van der Waals surface area contributed by atoms with Gasteiger partial charge < -0.3 is 4.98 Å². The average Bonchev–Trinajstić information content (AvgIpc) is 2.86. The number of aromatic amines is 1. The van der Waals surface area contributed by atoms with Crippen molar-refractivity contribution in [2.75, 3.05) is 0 Å². The molecular weight excluding hydrogens is 218 g/mol. The molecule has 0 spiro atoms. The molecule has 0 saturated carbocycles. The number of H-pyrrole nitrogens is 1. The van der Waals surface area contributed by atoms with Gasteiger partial charge in [0, 0.05) is 17.0 Å². The zero-order valence-electron chi connectivity index (χ0n) is 8.90. The monoisotopic (exact) mass is 229 g/mol. The Hall–Kier alpha value is -1.68. The van der Waals surface area contributed by atoms with Gasteiger partial charge in [-0.1, -0.05) is 6.07 Å². The molecule has 1 N–H and O–H groups in total. The van der Waals surface area contributed by atoms with Gasteiger partial charge in [-0.05, 0) is 30.5 Å². The summed E-state index contributed by atoms with van der Waals surface area (Å²) in [4.78, 5) is 13.5. The molecule has 80 valence electrons. The van der Waals surface area contributed by atoms with Crippen LogP contribution in [0.1, 0.15) is 16.4 Å². The molecule has 0 aliphatic heterocycles. The van der Waals surface area contributed by atoms with E-state index < -0.39 is 0 Å². The van der Waals surface area contributed by atoms with Gasteiger partial charge in [-0.3, -0.25) is 0 Å². The Balaban J connectivity index is 1.99. The summed E-state index contributed by atoms with van der Waals surface area (Å²) in [5.41, 5.74) is 2.82.